The van der Waals surface area contributed by atoms with Gasteiger partial charge in [0, 0.05) is 11.3 Å². The van der Waals surface area contributed by atoms with Gasteiger partial charge in [-0.05, 0) is 67.5 Å². The van der Waals surface area contributed by atoms with Gasteiger partial charge in [-0.15, -0.1) is 0 Å². The molecule has 0 saturated carbocycles. The molecule has 2 N–H and O–H groups in total. The molecular weight excluding hydrogens is 449 g/mol. The molecule has 0 aliphatic rings. The minimum absolute atomic E-state index is 0.149. The first kappa shape index (κ1) is 23.7. The van der Waals surface area contributed by atoms with E-state index >= 15 is 0 Å². The van der Waals surface area contributed by atoms with Crippen LogP contribution in [0.2, 0.25) is 0 Å². The fraction of sp³-hybridized carbons (Fsp3) is 0.227. The van der Waals surface area contributed by atoms with Crippen molar-refractivity contribution in [2.75, 3.05) is 28.3 Å². The molecule has 0 unspecified atom stereocenters. The first-order chi connectivity index (χ1) is 15.3. The molecule has 0 bridgehead atoms. The highest BCUT2D eigenvalue weighted by molar-refractivity contribution is 7.97. The first-order valence-corrected chi connectivity index (χ1v) is 11.2. The second-order valence-corrected chi connectivity index (χ2v) is 9.25. The zero-order chi connectivity index (χ0) is 23.3. The molecule has 0 radical (unpaired) electrons. The van der Waals surface area contributed by atoms with E-state index in [0.29, 0.717) is 16.5 Å². The van der Waals surface area contributed by atoms with Crippen LogP contribution >= 0.6 is 23.3 Å². The van der Waals surface area contributed by atoms with Crippen LogP contribution in [-0.2, 0) is 6.42 Å². The molecule has 10 heteroatoms. The largest absolute Gasteiger partial charge is 0.493 e. The van der Waals surface area contributed by atoms with Crippen molar-refractivity contribution in [2.24, 2.45) is 0 Å². The maximum absolute atomic E-state index is 13.1. The smallest absolute Gasteiger partial charge is 0.206 e. The highest BCUT2D eigenvalue weighted by atomic mass is 32.2. The van der Waals surface area contributed by atoms with Crippen molar-refractivity contribution in [3.05, 3.63) is 63.2 Å². The average molecular weight is 474 g/mol. The summed E-state index contributed by atoms with van der Waals surface area (Å²) in [6.07, 6.45) is 3.81. The number of benzene rings is 2. The molecule has 3 aromatic rings. The third-order valence-electron chi connectivity index (χ3n) is 4.34. The van der Waals surface area contributed by atoms with Crippen LogP contribution in [0.3, 0.4) is 0 Å². The molecule has 3 rings (SSSR count). The van der Waals surface area contributed by atoms with Gasteiger partial charge in [0.05, 0.1) is 14.2 Å². The summed E-state index contributed by atoms with van der Waals surface area (Å²) in [5, 5.41) is 21.8. The zero-order valence-corrected chi connectivity index (χ0v) is 19.8. The molecule has 2 aromatic carbocycles. The molecule has 0 fully saturated rings. The Morgan fingerprint density at radius 3 is 2.44 bits per heavy atom. The van der Waals surface area contributed by atoms with Gasteiger partial charge in [0.2, 0.25) is 4.80 Å². The standard InChI is InChI=1S/C22H24FN5O2S2/c1-27(2)32-19-13-18(30-4)17(29-3)11-15(19)12-20(24)28-22(25)31-21(26-28)10-7-14-5-8-16(23)9-6-14/h5-11,13,24-25H,12H2,1-4H3/b10-7+,24-20?,25-22?. The van der Waals surface area contributed by atoms with E-state index in [-0.39, 0.29) is 22.9 Å². The van der Waals surface area contributed by atoms with Crippen molar-refractivity contribution in [1.82, 2.24) is 14.1 Å². The van der Waals surface area contributed by atoms with Gasteiger partial charge >= 0.3 is 0 Å². The summed E-state index contributed by atoms with van der Waals surface area (Å²) < 4.78 is 27.2. The molecule has 0 saturated heterocycles. The number of rotatable bonds is 8. The van der Waals surface area contributed by atoms with Crippen LogP contribution in [0, 0.1) is 16.6 Å². The van der Waals surface area contributed by atoms with E-state index in [4.69, 9.17) is 20.3 Å². The average Bonchev–Trinajstić information content (AvgIpc) is 3.14. The van der Waals surface area contributed by atoms with Crippen LogP contribution in [0.4, 0.5) is 4.39 Å². The summed E-state index contributed by atoms with van der Waals surface area (Å²) >= 11 is 2.68. The van der Waals surface area contributed by atoms with Crippen molar-refractivity contribution >= 4 is 41.3 Å². The summed E-state index contributed by atoms with van der Waals surface area (Å²) in [5.74, 6) is 1.07. The lowest BCUT2D eigenvalue weighted by Gasteiger charge is -2.17. The van der Waals surface area contributed by atoms with Crippen LogP contribution in [0.5, 0.6) is 11.5 Å². The van der Waals surface area contributed by atoms with Crippen molar-refractivity contribution < 1.29 is 13.9 Å². The van der Waals surface area contributed by atoms with Gasteiger partial charge in [-0.2, -0.15) is 9.78 Å². The molecule has 1 heterocycles. The van der Waals surface area contributed by atoms with E-state index in [1.54, 1.807) is 38.5 Å². The molecule has 0 aliphatic carbocycles. The molecule has 0 aliphatic heterocycles. The highest BCUT2D eigenvalue weighted by Gasteiger charge is 2.16. The third kappa shape index (κ3) is 5.84. The quantitative estimate of drug-likeness (QED) is 0.288. The number of hydrogen-bond donors (Lipinski definition) is 2. The lowest BCUT2D eigenvalue weighted by molar-refractivity contribution is 0.353. The Balaban J connectivity index is 1.85. The van der Waals surface area contributed by atoms with Gasteiger partial charge in [0.1, 0.15) is 16.7 Å². The highest BCUT2D eigenvalue weighted by Crippen LogP contribution is 2.36. The Labute approximate surface area is 194 Å². The minimum Gasteiger partial charge on any atom is -0.493 e. The first-order valence-electron chi connectivity index (χ1n) is 9.57. The Bertz CT molecular complexity index is 1190. The Morgan fingerprint density at radius 1 is 1.16 bits per heavy atom. The van der Waals surface area contributed by atoms with Gasteiger partial charge in [-0.25, -0.2) is 4.39 Å². The zero-order valence-electron chi connectivity index (χ0n) is 18.2. The number of nitrogens with one attached hydrogen (secondary N) is 2. The summed E-state index contributed by atoms with van der Waals surface area (Å²) in [5.41, 5.74) is 1.69. The van der Waals surface area contributed by atoms with E-state index in [1.165, 1.54) is 28.8 Å². The number of ether oxygens (including phenoxy) is 2. The van der Waals surface area contributed by atoms with Crippen LogP contribution in [0.1, 0.15) is 16.1 Å². The van der Waals surface area contributed by atoms with E-state index in [1.807, 2.05) is 30.5 Å². The predicted molar refractivity (Wildman–Crippen MR) is 127 cm³/mol. The molecule has 7 nitrogen and oxygen atoms in total. The van der Waals surface area contributed by atoms with Gasteiger partial charge in [-0.1, -0.05) is 29.5 Å². The normalized spacial score (nSPS) is 11.3. The monoisotopic (exact) mass is 473 g/mol. The lowest BCUT2D eigenvalue weighted by Crippen LogP contribution is -2.25. The fourth-order valence-electron chi connectivity index (χ4n) is 2.88. The van der Waals surface area contributed by atoms with Crippen molar-refractivity contribution in [3.8, 4) is 11.5 Å². The second kappa shape index (κ2) is 10.6. The molecule has 0 spiro atoms. The number of hydrogen-bond acceptors (Lipinski definition) is 8. The van der Waals surface area contributed by atoms with Crippen molar-refractivity contribution in [2.45, 2.75) is 11.3 Å². The van der Waals surface area contributed by atoms with Crippen molar-refractivity contribution in [3.63, 3.8) is 0 Å². The molecule has 0 atom stereocenters. The molecule has 1 aromatic heterocycles. The maximum atomic E-state index is 13.1. The maximum Gasteiger partial charge on any atom is 0.206 e. The molecule has 168 valence electrons. The number of aromatic nitrogens is 2. The van der Waals surface area contributed by atoms with E-state index < -0.39 is 0 Å². The van der Waals surface area contributed by atoms with Crippen LogP contribution in [0.15, 0.2) is 41.3 Å². The minimum atomic E-state index is -0.293. The van der Waals surface area contributed by atoms with Crippen LogP contribution in [0.25, 0.3) is 12.2 Å². The van der Waals surface area contributed by atoms with Gasteiger partial charge in [-0.3, -0.25) is 15.1 Å². The third-order valence-corrected chi connectivity index (χ3v) is 6.08. The van der Waals surface area contributed by atoms with Crippen LogP contribution in [-0.4, -0.2) is 48.2 Å². The van der Waals surface area contributed by atoms with E-state index in [0.717, 1.165) is 27.4 Å². The Morgan fingerprint density at radius 2 is 1.81 bits per heavy atom. The summed E-state index contributed by atoms with van der Waals surface area (Å²) in [6.45, 7) is 0. The number of halogens is 1. The van der Waals surface area contributed by atoms with Gasteiger partial charge < -0.3 is 9.47 Å². The van der Waals surface area contributed by atoms with E-state index in [9.17, 15) is 4.39 Å². The fourth-order valence-corrected chi connectivity index (χ4v) is 4.37. The molecule has 0 amide bonds. The lowest BCUT2D eigenvalue weighted by atomic mass is 10.1. The summed E-state index contributed by atoms with van der Waals surface area (Å²) in [4.78, 5) is 1.08. The second-order valence-electron chi connectivity index (χ2n) is 6.88. The van der Waals surface area contributed by atoms with Gasteiger partial charge in [0.15, 0.2) is 11.5 Å². The van der Waals surface area contributed by atoms with Crippen molar-refractivity contribution in [1.29, 1.82) is 10.8 Å². The van der Waals surface area contributed by atoms with E-state index in [2.05, 4.69) is 5.10 Å². The summed E-state index contributed by atoms with van der Waals surface area (Å²) in [6, 6.07) is 9.84. The SMILES string of the molecule is COc1cc(CC(=N)n2nc(/C=C/c3ccc(F)cc3)sc2=N)c(SN(C)C)cc1OC. The Hall–Kier alpha value is -2.95. The topological polar surface area (TPSA) is 87.2 Å². The summed E-state index contributed by atoms with van der Waals surface area (Å²) in [7, 11) is 7.03. The molecular formula is C22H24FN5O2S2. The number of nitrogens with zero attached hydrogens (tertiary/aromatic N) is 3. The Kier molecular flexibility index (Phi) is 7.84. The number of methoxy groups -OCH3 is 2. The van der Waals surface area contributed by atoms with Crippen LogP contribution < -0.4 is 14.3 Å². The molecule has 32 heavy (non-hydrogen) atoms. The van der Waals surface area contributed by atoms with Gasteiger partial charge in [0.25, 0.3) is 0 Å². The predicted octanol–water partition coefficient (Wildman–Crippen LogP) is 4.39.